The lowest BCUT2D eigenvalue weighted by molar-refractivity contribution is 0.0462. The maximum Gasteiger partial charge on any atom is 0.407 e. The van der Waals surface area contributed by atoms with Crippen molar-refractivity contribution in [2.75, 3.05) is 13.2 Å². The van der Waals surface area contributed by atoms with Crippen molar-refractivity contribution in [3.05, 3.63) is 0 Å². The molecule has 0 saturated carbocycles. The number of carbonyl (C=O) groups excluding carboxylic acids is 2. The number of nitrogens with one attached hydrogen (secondary N) is 2. The summed E-state index contributed by atoms with van der Waals surface area (Å²) in [6, 6.07) is -0.531. The van der Waals surface area contributed by atoms with Gasteiger partial charge in [0.15, 0.2) is 0 Å². The summed E-state index contributed by atoms with van der Waals surface area (Å²) >= 11 is 0. The van der Waals surface area contributed by atoms with Crippen molar-refractivity contribution >= 4 is 12.2 Å². The summed E-state index contributed by atoms with van der Waals surface area (Å²) < 4.78 is 10.2. The highest BCUT2D eigenvalue weighted by molar-refractivity contribution is 5.68. The Balaban J connectivity index is 4.11. The summed E-state index contributed by atoms with van der Waals surface area (Å²) in [6.45, 7) is 10.2. The second-order valence-electron chi connectivity index (χ2n) is 7.64. The molecule has 0 fully saturated rings. The number of rotatable bonds is 7. The molecule has 0 aromatic carbocycles. The Hall–Kier alpha value is -1.54. The Morgan fingerprint density at radius 1 is 0.958 bits per heavy atom. The van der Waals surface area contributed by atoms with E-state index in [2.05, 4.69) is 10.6 Å². The molecule has 8 heteroatoms. The highest BCUT2D eigenvalue weighted by Crippen LogP contribution is 2.09. The zero-order valence-electron chi connectivity index (χ0n) is 15.5. The van der Waals surface area contributed by atoms with Crippen molar-refractivity contribution in [2.24, 2.45) is 0 Å². The first kappa shape index (κ1) is 22.5. The molecule has 2 atom stereocenters. The molecule has 0 bridgehead atoms. The van der Waals surface area contributed by atoms with Crippen molar-refractivity contribution in [1.82, 2.24) is 10.6 Å². The summed E-state index contributed by atoms with van der Waals surface area (Å²) in [5.41, 5.74) is -1.23. The lowest BCUT2D eigenvalue weighted by Crippen LogP contribution is -2.42. The highest BCUT2D eigenvalue weighted by Gasteiger charge is 2.20. The van der Waals surface area contributed by atoms with Crippen molar-refractivity contribution < 1.29 is 29.3 Å². The van der Waals surface area contributed by atoms with E-state index in [4.69, 9.17) is 9.47 Å². The van der Waals surface area contributed by atoms with Gasteiger partial charge in [0.25, 0.3) is 0 Å². The van der Waals surface area contributed by atoms with E-state index in [0.717, 1.165) is 0 Å². The number of carbonyl (C=O) groups is 2. The minimum atomic E-state index is -0.813. The van der Waals surface area contributed by atoms with Crippen LogP contribution in [0.15, 0.2) is 0 Å². The average molecular weight is 348 g/mol. The van der Waals surface area contributed by atoms with Crippen molar-refractivity contribution in [2.45, 2.75) is 77.7 Å². The van der Waals surface area contributed by atoms with Crippen LogP contribution in [0, 0.1) is 0 Å². The van der Waals surface area contributed by atoms with E-state index >= 15 is 0 Å². The fourth-order valence-corrected chi connectivity index (χ4v) is 1.69. The molecule has 0 aromatic rings. The second-order valence-corrected chi connectivity index (χ2v) is 7.64. The van der Waals surface area contributed by atoms with Gasteiger partial charge < -0.3 is 30.3 Å². The second kappa shape index (κ2) is 9.68. The Bertz CT molecular complexity index is 400. The van der Waals surface area contributed by atoms with Crippen molar-refractivity contribution in [3.8, 4) is 0 Å². The number of hydrogen-bond acceptors (Lipinski definition) is 6. The third-order valence-corrected chi connectivity index (χ3v) is 2.67. The summed E-state index contributed by atoms with van der Waals surface area (Å²) in [7, 11) is 0. The monoisotopic (exact) mass is 348 g/mol. The Kier molecular flexibility index (Phi) is 9.06. The van der Waals surface area contributed by atoms with Crippen LogP contribution in [-0.4, -0.2) is 58.9 Å². The zero-order chi connectivity index (χ0) is 19.0. The standard InChI is InChI=1S/C16H32N2O6/c1-15(2,3)23-13(21)17-9-12(20)8-7-11(10-19)18-14(22)24-16(4,5)6/h11-12,19-20H,7-10H2,1-6H3,(H,17,21)(H,18,22)/t11-,12+/m0/s1. The van der Waals surface area contributed by atoms with Crippen molar-refractivity contribution in [3.63, 3.8) is 0 Å². The van der Waals surface area contributed by atoms with Crippen LogP contribution < -0.4 is 10.6 Å². The van der Waals surface area contributed by atoms with Crippen molar-refractivity contribution in [1.29, 1.82) is 0 Å². The molecule has 0 unspecified atom stereocenters. The Morgan fingerprint density at radius 2 is 1.46 bits per heavy atom. The molecule has 0 aliphatic carbocycles. The zero-order valence-corrected chi connectivity index (χ0v) is 15.5. The van der Waals surface area contributed by atoms with Gasteiger partial charge in [0, 0.05) is 6.54 Å². The number of hydrogen-bond donors (Lipinski definition) is 4. The predicted octanol–water partition coefficient (Wildman–Crippen LogP) is 1.54. The molecule has 8 nitrogen and oxygen atoms in total. The van der Waals surface area contributed by atoms with Gasteiger partial charge in [-0.25, -0.2) is 9.59 Å². The van der Waals surface area contributed by atoms with Crippen LogP contribution in [0.3, 0.4) is 0 Å². The fraction of sp³-hybridized carbons (Fsp3) is 0.875. The van der Waals surface area contributed by atoms with E-state index in [0.29, 0.717) is 6.42 Å². The van der Waals surface area contributed by atoms with Gasteiger partial charge in [-0.1, -0.05) is 0 Å². The predicted molar refractivity (Wildman–Crippen MR) is 89.7 cm³/mol. The lowest BCUT2D eigenvalue weighted by Gasteiger charge is -2.23. The first-order chi connectivity index (χ1) is 10.8. The van der Waals surface area contributed by atoms with Crippen LogP contribution in [-0.2, 0) is 9.47 Å². The molecule has 24 heavy (non-hydrogen) atoms. The number of ether oxygens (including phenoxy) is 2. The van der Waals surface area contributed by atoms with Gasteiger partial charge in [-0.15, -0.1) is 0 Å². The molecule has 0 rings (SSSR count). The molecule has 0 aliphatic rings. The molecule has 0 spiro atoms. The molecule has 0 saturated heterocycles. The quantitative estimate of drug-likeness (QED) is 0.554. The van der Waals surface area contributed by atoms with Crippen LogP contribution in [0.25, 0.3) is 0 Å². The molecular weight excluding hydrogens is 316 g/mol. The van der Waals surface area contributed by atoms with Crippen LogP contribution >= 0.6 is 0 Å². The van der Waals surface area contributed by atoms with E-state index in [1.54, 1.807) is 41.5 Å². The van der Waals surface area contributed by atoms with E-state index in [9.17, 15) is 19.8 Å². The van der Waals surface area contributed by atoms with Gasteiger partial charge in [0.05, 0.1) is 18.8 Å². The first-order valence-corrected chi connectivity index (χ1v) is 8.07. The number of alkyl carbamates (subject to hydrolysis) is 2. The minimum absolute atomic E-state index is 0.0273. The number of amides is 2. The van der Waals surface area contributed by atoms with Crippen LogP contribution in [0.4, 0.5) is 9.59 Å². The average Bonchev–Trinajstić information content (AvgIpc) is 2.37. The maximum atomic E-state index is 11.6. The molecule has 0 radical (unpaired) electrons. The van der Waals surface area contributed by atoms with E-state index < -0.39 is 35.5 Å². The first-order valence-electron chi connectivity index (χ1n) is 8.07. The highest BCUT2D eigenvalue weighted by atomic mass is 16.6. The lowest BCUT2D eigenvalue weighted by atomic mass is 10.1. The number of aliphatic hydroxyl groups excluding tert-OH is 2. The number of aliphatic hydroxyl groups is 2. The SMILES string of the molecule is CC(C)(C)OC(=O)NC[C@H](O)CC[C@@H](CO)NC(=O)OC(C)(C)C. The van der Waals surface area contributed by atoms with Crippen LogP contribution in [0.5, 0.6) is 0 Å². The van der Waals surface area contributed by atoms with E-state index in [1.807, 2.05) is 0 Å². The largest absolute Gasteiger partial charge is 0.444 e. The topological polar surface area (TPSA) is 117 Å². The van der Waals surface area contributed by atoms with Crippen LogP contribution in [0.2, 0.25) is 0 Å². The Morgan fingerprint density at radius 3 is 1.92 bits per heavy atom. The normalized spacial score (nSPS) is 14.5. The molecule has 0 aromatic heterocycles. The smallest absolute Gasteiger partial charge is 0.407 e. The van der Waals surface area contributed by atoms with Crippen LogP contribution in [0.1, 0.15) is 54.4 Å². The molecule has 142 valence electrons. The molecule has 4 N–H and O–H groups in total. The third kappa shape index (κ3) is 13.0. The summed E-state index contributed by atoms with van der Waals surface area (Å²) in [5.74, 6) is 0. The van der Waals surface area contributed by atoms with Gasteiger partial charge in [-0.3, -0.25) is 0 Å². The third-order valence-electron chi connectivity index (χ3n) is 2.67. The fourth-order valence-electron chi connectivity index (χ4n) is 1.69. The minimum Gasteiger partial charge on any atom is -0.444 e. The maximum absolute atomic E-state index is 11.6. The van der Waals surface area contributed by atoms with E-state index in [-0.39, 0.29) is 19.6 Å². The molecule has 0 heterocycles. The molecular formula is C16H32N2O6. The van der Waals surface area contributed by atoms with Gasteiger partial charge >= 0.3 is 12.2 Å². The molecule has 0 aliphatic heterocycles. The summed E-state index contributed by atoms with van der Waals surface area (Å²) in [6.07, 6.45) is -1.41. The summed E-state index contributed by atoms with van der Waals surface area (Å²) in [5, 5.41) is 24.2. The summed E-state index contributed by atoms with van der Waals surface area (Å²) in [4.78, 5) is 23.1. The van der Waals surface area contributed by atoms with Gasteiger partial charge in [-0.05, 0) is 54.4 Å². The van der Waals surface area contributed by atoms with E-state index in [1.165, 1.54) is 0 Å². The van der Waals surface area contributed by atoms with Gasteiger partial charge in [-0.2, -0.15) is 0 Å². The molecule has 2 amide bonds. The van der Waals surface area contributed by atoms with Gasteiger partial charge in [0.2, 0.25) is 0 Å². The Labute approximate surface area is 143 Å². The van der Waals surface area contributed by atoms with Gasteiger partial charge in [0.1, 0.15) is 11.2 Å².